The van der Waals surface area contributed by atoms with Gasteiger partial charge in [0.2, 0.25) is 0 Å². The molecule has 1 aromatic heterocycles. The van der Waals surface area contributed by atoms with Gasteiger partial charge in [-0.05, 0) is 19.8 Å². The fraction of sp³-hybridized carbons (Fsp3) is 0.600. The fourth-order valence-corrected chi connectivity index (χ4v) is 2.53. The van der Waals surface area contributed by atoms with Crippen molar-refractivity contribution >= 4 is 21.8 Å². The molecule has 2 unspecified atom stereocenters. The Bertz CT molecular complexity index is 338. The molecule has 0 radical (unpaired) electrons. The average molecular weight is 272 g/mol. The molecule has 0 aliphatic carbocycles. The maximum absolute atomic E-state index is 12.1. The Morgan fingerprint density at radius 1 is 1.73 bits per heavy atom. The first-order valence-electron chi connectivity index (χ1n) is 5.14. The van der Waals surface area contributed by atoms with Crippen molar-refractivity contribution in [3.05, 3.63) is 18.0 Å². The summed E-state index contributed by atoms with van der Waals surface area (Å²) in [5.41, 5.74) is 0.642. The van der Waals surface area contributed by atoms with E-state index in [2.05, 4.69) is 33.1 Å². The van der Waals surface area contributed by atoms with Gasteiger partial charge in [-0.3, -0.25) is 9.89 Å². The second-order valence-electron chi connectivity index (χ2n) is 3.88. The third kappa shape index (κ3) is 2.07. The molecule has 1 aromatic rings. The smallest absolute Gasteiger partial charge is 0.257 e. The molecule has 2 rings (SSSR count). The third-order valence-corrected chi connectivity index (χ3v) is 4.12. The van der Waals surface area contributed by atoms with E-state index in [1.165, 1.54) is 0 Å². The van der Waals surface area contributed by atoms with E-state index in [0.717, 1.165) is 19.4 Å². The summed E-state index contributed by atoms with van der Waals surface area (Å²) >= 11 is 3.61. The highest BCUT2D eigenvalue weighted by Gasteiger charge is 2.30. The van der Waals surface area contributed by atoms with Gasteiger partial charge in [0.25, 0.3) is 5.91 Å². The van der Waals surface area contributed by atoms with Crippen LogP contribution in [0.25, 0.3) is 0 Å². The average Bonchev–Trinajstić information content (AvgIpc) is 2.74. The van der Waals surface area contributed by atoms with Gasteiger partial charge >= 0.3 is 0 Å². The van der Waals surface area contributed by atoms with Crippen LogP contribution in [0.2, 0.25) is 0 Å². The molecular weight excluding hydrogens is 258 g/mol. The highest BCUT2D eigenvalue weighted by atomic mass is 79.9. The summed E-state index contributed by atoms with van der Waals surface area (Å²) in [7, 11) is 0. The SMILES string of the molecule is CC1C(Br)CCCN1C(=O)c1cn[nH]c1. The lowest BCUT2D eigenvalue weighted by Gasteiger charge is -2.36. The van der Waals surface area contributed by atoms with Gasteiger partial charge in [0.15, 0.2) is 0 Å². The number of aromatic nitrogens is 2. The summed E-state index contributed by atoms with van der Waals surface area (Å²) < 4.78 is 0. The Morgan fingerprint density at radius 2 is 2.53 bits per heavy atom. The number of halogens is 1. The number of carbonyl (C=O) groups is 1. The molecule has 1 aliphatic rings. The van der Waals surface area contributed by atoms with E-state index >= 15 is 0 Å². The number of nitrogens with one attached hydrogen (secondary N) is 1. The molecule has 1 N–H and O–H groups in total. The molecule has 82 valence electrons. The number of hydrogen-bond donors (Lipinski definition) is 1. The minimum Gasteiger partial charge on any atom is -0.335 e. The van der Waals surface area contributed by atoms with Crippen molar-refractivity contribution in [3.8, 4) is 0 Å². The third-order valence-electron chi connectivity index (χ3n) is 2.90. The Morgan fingerprint density at radius 3 is 3.20 bits per heavy atom. The number of likely N-dealkylation sites (tertiary alicyclic amines) is 1. The van der Waals surface area contributed by atoms with E-state index in [4.69, 9.17) is 0 Å². The second-order valence-corrected chi connectivity index (χ2v) is 5.06. The molecule has 0 aromatic carbocycles. The first-order chi connectivity index (χ1) is 7.20. The van der Waals surface area contributed by atoms with Gasteiger partial charge in [0.05, 0.1) is 11.8 Å². The second kappa shape index (κ2) is 4.35. The predicted molar refractivity (Wildman–Crippen MR) is 61.0 cm³/mol. The quantitative estimate of drug-likeness (QED) is 0.792. The molecule has 1 fully saturated rings. The largest absolute Gasteiger partial charge is 0.335 e. The minimum absolute atomic E-state index is 0.0698. The molecule has 15 heavy (non-hydrogen) atoms. The molecule has 2 heterocycles. The van der Waals surface area contributed by atoms with Crippen LogP contribution in [0.15, 0.2) is 12.4 Å². The summed E-state index contributed by atoms with van der Waals surface area (Å²) in [6.45, 7) is 2.92. The van der Waals surface area contributed by atoms with Gasteiger partial charge in [-0.2, -0.15) is 5.10 Å². The summed E-state index contributed by atoms with van der Waals surface area (Å²) in [6, 6.07) is 0.251. The number of alkyl halides is 1. The number of amides is 1. The van der Waals surface area contributed by atoms with Crippen molar-refractivity contribution in [1.82, 2.24) is 15.1 Å². The molecule has 1 saturated heterocycles. The molecule has 4 nitrogen and oxygen atoms in total. The molecular formula is C10H14BrN3O. The summed E-state index contributed by atoms with van der Waals surface area (Å²) in [5.74, 6) is 0.0698. The van der Waals surface area contributed by atoms with E-state index < -0.39 is 0 Å². The Balaban J connectivity index is 2.13. The molecule has 0 bridgehead atoms. The first-order valence-corrected chi connectivity index (χ1v) is 6.05. The van der Waals surface area contributed by atoms with E-state index in [1.807, 2.05) is 4.90 Å². The molecule has 5 heteroatoms. The molecule has 0 saturated carbocycles. The fourth-order valence-electron chi connectivity index (χ4n) is 1.92. The van der Waals surface area contributed by atoms with Crippen LogP contribution in [0.3, 0.4) is 0 Å². The van der Waals surface area contributed by atoms with Gasteiger partial charge < -0.3 is 4.90 Å². The highest BCUT2D eigenvalue weighted by Crippen LogP contribution is 2.24. The van der Waals surface area contributed by atoms with E-state index in [1.54, 1.807) is 12.4 Å². The van der Waals surface area contributed by atoms with Crippen LogP contribution < -0.4 is 0 Å². The lowest BCUT2D eigenvalue weighted by atomic mass is 10.0. The van der Waals surface area contributed by atoms with Crippen LogP contribution in [0.1, 0.15) is 30.1 Å². The van der Waals surface area contributed by atoms with Crippen LogP contribution in [0, 0.1) is 0 Å². The number of aromatic amines is 1. The summed E-state index contributed by atoms with van der Waals surface area (Å²) in [4.78, 5) is 14.4. The highest BCUT2D eigenvalue weighted by molar-refractivity contribution is 9.09. The lowest BCUT2D eigenvalue weighted by molar-refractivity contribution is 0.0647. The van der Waals surface area contributed by atoms with Gasteiger partial charge in [-0.15, -0.1) is 0 Å². The number of hydrogen-bond acceptors (Lipinski definition) is 2. The van der Waals surface area contributed by atoms with E-state index in [9.17, 15) is 4.79 Å². The molecule has 2 atom stereocenters. The first kappa shape index (κ1) is 10.7. The number of H-pyrrole nitrogens is 1. The zero-order valence-corrected chi connectivity index (χ0v) is 10.2. The van der Waals surface area contributed by atoms with Gasteiger partial charge in [-0.25, -0.2) is 0 Å². The van der Waals surface area contributed by atoms with Crippen molar-refractivity contribution in [2.75, 3.05) is 6.54 Å². The summed E-state index contributed by atoms with van der Waals surface area (Å²) in [6.07, 6.45) is 5.42. The Kier molecular flexibility index (Phi) is 3.09. The summed E-state index contributed by atoms with van der Waals surface area (Å²) in [5, 5.41) is 6.46. The maximum atomic E-state index is 12.1. The van der Waals surface area contributed by atoms with E-state index in [-0.39, 0.29) is 11.9 Å². The molecule has 1 amide bonds. The van der Waals surface area contributed by atoms with Crippen LogP contribution in [-0.2, 0) is 0 Å². The van der Waals surface area contributed by atoms with Crippen LogP contribution in [-0.4, -0.2) is 38.4 Å². The Labute approximate surface area is 97.2 Å². The van der Waals surface area contributed by atoms with Crippen molar-refractivity contribution in [3.63, 3.8) is 0 Å². The lowest BCUT2D eigenvalue weighted by Crippen LogP contribution is -2.47. The Hall–Kier alpha value is -0.840. The monoisotopic (exact) mass is 271 g/mol. The number of nitrogens with zero attached hydrogens (tertiary/aromatic N) is 2. The van der Waals surface area contributed by atoms with E-state index in [0.29, 0.717) is 10.4 Å². The molecule has 1 aliphatic heterocycles. The van der Waals surface area contributed by atoms with Crippen LogP contribution in [0.5, 0.6) is 0 Å². The van der Waals surface area contributed by atoms with Crippen molar-refractivity contribution in [1.29, 1.82) is 0 Å². The molecule has 0 spiro atoms. The van der Waals surface area contributed by atoms with Gasteiger partial charge in [-0.1, -0.05) is 15.9 Å². The minimum atomic E-state index is 0.0698. The number of carbonyl (C=O) groups excluding carboxylic acids is 1. The van der Waals surface area contributed by atoms with Gasteiger partial charge in [0, 0.05) is 23.6 Å². The zero-order chi connectivity index (χ0) is 10.8. The normalized spacial score (nSPS) is 26.7. The van der Waals surface area contributed by atoms with Gasteiger partial charge in [0.1, 0.15) is 0 Å². The zero-order valence-electron chi connectivity index (χ0n) is 8.61. The number of rotatable bonds is 1. The number of piperidine rings is 1. The van der Waals surface area contributed by atoms with Crippen molar-refractivity contribution < 1.29 is 4.79 Å². The predicted octanol–water partition coefficient (Wildman–Crippen LogP) is 1.80. The van der Waals surface area contributed by atoms with Crippen LogP contribution >= 0.6 is 15.9 Å². The topological polar surface area (TPSA) is 49.0 Å². The van der Waals surface area contributed by atoms with Crippen molar-refractivity contribution in [2.45, 2.75) is 30.6 Å². The van der Waals surface area contributed by atoms with Crippen molar-refractivity contribution in [2.24, 2.45) is 0 Å². The standard InChI is InChI=1S/C10H14BrN3O/c1-7-9(11)3-2-4-14(7)10(15)8-5-12-13-6-8/h5-7,9H,2-4H2,1H3,(H,12,13). The van der Waals surface area contributed by atoms with Crippen LogP contribution in [0.4, 0.5) is 0 Å². The maximum Gasteiger partial charge on any atom is 0.257 e.